The predicted octanol–water partition coefficient (Wildman–Crippen LogP) is 2.85. The number of nitrogens with zero attached hydrogens (tertiary/aromatic N) is 3. The molecule has 2 aromatic heterocycles. The van der Waals surface area contributed by atoms with E-state index in [-0.39, 0.29) is 27.7 Å². The summed E-state index contributed by atoms with van der Waals surface area (Å²) in [7, 11) is -2.39. The van der Waals surface area contributed by atoms with Crippen LogP contribution < -0.4 is 10.0 Å². The van der Waals surface area contributed by atoms with Gasteiger partial charge < -0.3 is 5.32 Å². The van der Waals surface area contributed by atoms with Crippen LogP contribution >= 0.6 is 0 Å². The highest BCUT2D eigenvalue weighted by molar-refractivity contribution is 7.92. The van der Waals surface area contributed by atoms with Crippen molar-refractivity contribution in [2.75, 3.05) is 11.3 Å². The Labute approximate surface area is 207 Å². The van der Waals surface area contributed by atoms with Crippen LogP contribution in [0.4, 0.5) is 10.2 Å². The summed E-state index contributed by atoms with van der Waals surface area (Å²) in [5, 5.41) is 13.5. The lowest BCUT2D eigenvalue weighted by molar-refractivity contribution is 0.0953. The van der Waals surface area contributed by atoms with E-state index in [2.05, 4.69) is 37.2 Å². The first-order valence-electron chi connectivity index (χ1n) is 11.0. The van der Waals surface area contributed by atoms with Crippen molar-refractivity contribution in [3.8, 4) is 11.8 Å². The molecule has 0 aliphatic carbocycles. The van der Waals surface area contributed by atoms with Gasteiger partial charge in [-0.2, -0.15) is 10.2 Å². The van der Waals surface area contributed by atoms with Gasteiger partial charge in [0.05, 0.1) is 6.20 Å². The maximum Gasteiger partial charge on any atom is 0.264 e. The molecule has 1 amide bonds. The van der Waals surface area contributed by atoms with Crippen molar-refractivity contribution in [2.24, 2.45) is 7.05 Å². The summed E-state index contributed by atoms with van der Waals surface area (Å²) < 4.78 is 43.3. The van der Waals surface area contributed by atoms with E-state index in [1.807, 2.05) is 0 Å². The van der Waals surface area contributed by atoms with Gasteiger partial charge >= 0.3 is 0 Å². The number of sulfonamides is 1. The molecule has 4 aromatic rings. The highest BCUT2D eigenvalue weighted by Crippen LogP contribution is 2.20. The number of hydrogen-bond acceptors (Lipinski definition) is 5. The summed E-state index contributed by atoms with van der Waals surface area (Å²) in [6.07, 6.45) is 6.59. The van der Waals surface area contributed by atoms with Crippen LogP contribution in [0.1, 0.15) is 33.5 Å². The van der Waals surface area contributed by atoms with E-state index in [0.29, 0.717) is 18.5 Å². The van der Waals surface area contributed by atoms with E-state index in [9.17, 15) is 17.6 Å². The van der Waals surface area contributed by atoms with Gasteiger partial charge in [0.15, 0.2) is 5.82 Å². The molecule has 2 heterocycles. The molecule has 11 heteroatoms. The third-order valence-corrected chi connectivity index (χ3v) is 6.57. The third kappa shape index (κ3) is 6.37. The van der Waals surface area contributed by atoms with Gasteiger partial charge in [-0.25, -0.2) is 12.8 Å². The Balaban J connectivity index is 1.58. The molecule has 36 heavy (non-hydrogen) atoms. The van der Waals surface area contributed by atoms with Crippen molar-refractivity contribution in [3.63, 3.8) is 0 Å². The first-order valence-corrected chi connectivity index (χ1v) is 12.5. The van der Waals surface area contributed by atoms with E-state index in [1.165, 1.54) is 53.2 Å². The molecule has 0 radical (unpaired) electrons. The Morgan fingerprint density at radius 1 is 1.14 bits per heavy atom. The first-order chi connectivity index (χ1) is 17.3. The number of amides is 1. The van der Waals surface area contributed by atoms with Crippen LogP contribution in [0.15, 0.2) is 72.0 Å². The normalized spacial score (nSPS) is 10.9. The fourth-order valence-electron chi connectivity index (χ4n) is 3.35. The van der Waals surface area contributed by atoms with Crippen molar-refractivity contribution in [1.29, 1.82) is 0 Å². The van der Waals surface area contributed by atoms with Crippen LogP contribution in [0.3, 0.4) is 0 Å². The highest BCUT2D eigenvalue weighted by atomic mass is 32.2. The molecule has 0 saturated carbocycles. The first kappa shape index (κ1) is 24.7. The molecule has 0 atom stereocenters. The van der Waals surface area contributed by atoms with Gasteiger partial charge in [-0.1, -0.05) is 11.8 Å². The molecule has 0 unspecified atom stereocenters. The molecule has 0 spiro atoms. The van der Waals surface area contributed by atoms with Crippen LogP contribution in [0.2, 0.25) is 0 Å². The van der Waals surface area contributed by atoms with Crippen molar-refractivity contribution in [2.45, 2.75) is 17.7 Å². The number of hydrogen-bond donors (Lipinski definition) is 3. The molecule has 4 rings (SSSR count). The molecule has 0 fully saturated rings. The van der Waals surface area contributed by atoms with Crippen LogP contribution in [-0.2, 0) is 23.5 Å². The predicted molar refractivity (Wildman–Crippen MR) is 132 cm³/mol. The molecule has 0 saturated heterocycles. The second-order valence-corrected chi connectivity index (χ2v) is 9.56. The molecular weight excluding hydrogens is 483 g/mol. The zero-order valence-corrected chi connectivity index (χ0v) is 20.1. The third-order valence-electron chi connectivity index (χ3n) is 5.15. The molecule has 3 N–H and O–H groups in total. The van der Waals surface area contributed by atoms with Gasteiger partial charge in [0.25, 0.3) is 15.9 Å². The van der Waals surface area contributed by atoms with E-state index in [0.717, 1.165) is 12.0 Å². The molecule has 9 nitrogen and oxygen atoms in total. The number of benzene rings is 2. The van der Waals surface area contributed by atoms with Gasteiger partial charge in [-0.15, -0.1) is 0 Å². The molecule has 0 aliphatic rings. The number of carbonyl (C=O) groups is 1. The fraction of sp³-hybridized carbons (Fsp3) is 0.160. The average Bonchev–Trinajstić information content (AvgIpc) is 3.52. The van der Waals surface area contributed by atoms with Gasteiger partial charge in [0.2, 0.25) is 0 Å². The molecule has 0 bridgehead atoms. The number of aryl methyl sites for hydroxylation is 2. The maximum atomic E-state index is 13.2. The minimum Gasteiger partial charge on any atom is -0.352 e. The van der Waals surface area contributed by atoms with Crippen molar-refractivity contribution < 1.29 is 17.6 Å². The number of H-pyrrole nitrogens is 1. The van der Waals surface area contributed by atoms with Gasteiger partial charge in [0, 0.05) is 48.7 Å². The summed E-state index contributed by atoms with van der Waals surface area (Å²) in [6.45, 7) is 0.432. The lowest BCUT2D eigenvalue weighted by atomic mass is 10.1. The van der Waals surface area contributed by atoms with E-state index >= 15 is 0 Å². The largest absolute Gasteiger partial charge is 0.352 e. The highest BCUT2D eigenvalue weighted by Gasteiger charge is 2.21. The summed E-state index contributed by atoms with van der Waals surface area (Å²) in [5.41, 5.74) is 1.91. The smallest absolute Gasteiger partial charge is 0.264 e. The number of aromatic nitrogens is 4. The molecule has 184 valence electrons. The quantitative estimate of drug-likeness (QED) is 0.251. The monoisotopic (exact) mass is 506 g/mol. The topological polar surface area (TPSA) is 122 Å². The Kier molecular flexibility index (Phi) is 7.46. The number of rotatable bonds is 8. The van der Waals surface area contributed by atoms with Gasteiger partial charge in [-0.05, 0) is 60.9 Å². The van der Waals surface area contributed by atoms with Gasteiger partial charge in [0.1, 0.15) is 10.7 Å². The number of halogens is 1. The fourth-order valence-corrected chi connectivity index (χ4v) is 4.49. The Hall–Kier alpha value is -4.43. The number of carbonyl (C=O) groups excluding carboxylic acids is 1. The lowest BCUT2D eigenvalue weighted by Gasteiger charge is -2.10. The molecular formula is C25H23FN6O3S. The molecule has 2 aromatic carbocycles. The van der Waals surface area contributed by atoms with Crippen molar-refractivity contribution in [1.82, 2.24) is 25.3 Å². The van der Waals surface area contributed by atoms with Gasteiger partial charge in [-0.3, -0.25) is 19.3 Å². The SMILES string of the molecule is Cn1ccc(NS(=O)(=O)c2ccc(C(=O)NCCCc3cn[nH]c3)cc2C#Cc2ccc(F)cc2)n1. The Morgan fingerprint density at radius 3 is 2.64 bits per heavy atom. The van der Waals surface area contributed by atoms with E-state index < -0.39 is 15.8 Å². The number of nitrogens with one attached hydrogen (secondary N) is 3. The van der Waals surface area contributed by atoms with Crippen molar-refractivity contribution >= 4 is 21.7 Å². The number of aromatic amines is 1. The summed E-state index contributed by atoms with van der Waals surface area (Å²) >= 11 is 0. The van der Waals surface area contributed by atoms with Crippen molar-refractivity contribution in [3.05, 3.63) is 95.2 Å². The molecule has 0 aliphatic heterocycles. The summed E-state index contributed by atoms with van der Waals surface area (Å²) in [5.74, 6) is 5.04. The summed E-state index contributed by atoms with van der Waals surface area (Å²) in [6, 6.07) is 11.2. The van der Waals surface area contributed by atoms with Crippen LogP contribution in [0.5, 0.6) is 0 Å². The van der Waals surface area contributed by atoms with E-state index in [4.69, 9.17) is 0 Å². The van der Waals surface area contributed by atoms with Crippen LogP contribution in [0, 0.1) is 17.7 Å². The lowest BCUT2D eigenvalue weighted by Crippen LogP contribution is -2.25. The maximum absolute atomic E-state index is 13.2. The second-order valence-electron chi connectivity index (χ2n) is 7.91. The Morgan fingerprint density at radius 2 is 1.94 bits per heavy atom. The second kappa shape index (κ2) is 10.9. The Bertz CT molecular complexity index is 1520. The zero-order valence-electron chi connectivity index (χ0n) is 19.3. The minimum absolute atomic E-state index is 0.112. The zero-order chi connectivity index (χ0) is 25.5. The standard InChI is InChI=1S/C25H23FN6O3S/c1-32-14-12-24(30-32)31-36(34,35)23-11-8-21(25(33)27-13-2-3-19-16-28-29-17-19)15-20(23)7-4-18-5-9-22(26)10-6-18/h5-6,8-12,14-17H,2-3,13H2,1H3,(H,27,33)(H,28,29)(H,30,31). The number of anilines is 1. The average molecular weight is 507 g/mol. The van der Waals surface area contributed by atoms with E-state index in [1.54, 1.807) is 25.6 Å². The van der Waals surface area contributed by atoms with Crippen LogP contribution in [0.25, 0.3) is 0 Å². The van der Waals surface area contributed by atoms with Crippen LogP contribution in [-0.4, -0.2) is 40.8 Å². The minimum atomic E-state index is -4.06. The summed E-state index contributed by atoms with van der Waals surface area (Å²) in [4.78, 5) is 12.6.